The molecule has 1 aromatic heterocycles. The highest BCUT2D eigenvalue weighted by Gasteiger charge is 2.26. The molecule has 118 valence electrons. The summed E-state index contributed by atoms with van der Waals surface area (Å²) in [5.74, 6) is 1.44. The molecule has 1 aromatic rings. The molecule has 0 bridgehead atoms. The van der Waals surface area contributed by atoms with E-state index in [0.29, 0.717) is 5.91 Å². The SMILES string of the molecule is Cc1ccc(N2CCCN(C(=O)[C@@H]3CC=CCC3)CC2)nn1. The van der Waals surface area contributed by atoms with Crippen LogP contribution in [0.5, 0.6) is 0 Å². The fraction of sp³-hybridized carbons (Fsp3) is 0.588. The Bertz CT molecular complexity index is 540. The standard InChI is InChI=1S/C17H24N4O/c1-14-8-9-16(19-18-14)20-10-5-11-21(13-12-20)17(22)15-6-3-2-4-7-15/h2-3,8-9,15H,4-7,10-13H2,1H3/t15-/m1/s1. The largest absolute Gasteiger partial charge is 0.353 e. The Morgan fingerprint density at radius 1 is 1.14 bits per heavy atom. The second-order valence-corrected chi connectivity index (χ2v) is 6.18. The summed E-state index contributed by atoms with van der Waals surface area (Å²) in [5.41, 5.74) is 0.931. The van der Waals surface area contributed by atoms with Gasteiger partial charge in [0.25, 0.3) is 0 Å². The third-order valence-corrected chi connectivity index (χ3v) is 4.53. The van der Waals surface area contributed by atoms with E-state index in [4.69, 9.17) is 0 Å². The van der Waals surface area contributed by atoms with Crippen molar-refractivity contribution in [3.05, 3.63) is 30.0 Å². The summed E-state index contributed by atoms with van der Waals surface area (Å²) in [6.45, 7) is 5.36. The molecule has 0 saturated carbocycles. The van der Waals surface area contributed by atoms with Crippen LogP contribution in [0, 0.1) is 12.8 Å². The fourth-order valence-corrected chi connectivity index (χ4v) is 3.20. The smallest absolute Gasteiger partial charge is 0.226 e. The van der Waals surface area contributed by atoms with Crippen molar-refractivity contribution in [1.82, 2.24) is 15.1 Å². The van der Waals surface area contributed by atoms with Crippen LogP contribution in [0.15, 0.2) is 24.3 Å². The van der Waals surface area contributed by atoms with Crippen molar-refractivity contribution in [1.29, 1.82) is 0 Å². The molecule has 1 fully saturated rings. The zero-order valence-electron chi connectivity index (χ0n) is 13.2. The lowest BCUT2D eigenvalue weighted by molar-refractivity contribution is -0.135. The average Bonchev–Trinajstić information content (AvgIpc) is 2.82. The van der Waals surface area contributed by atoms with Crippen molar-refractivity contribution in [3.8, 4) is 0 Å². The molecule has 1 atom stereocenters. The number of anilines is 1. The van der Waals surface area contributed by atoms with E-state index in [9.17, 15) is 4.79 Å². The van der Waals surface area contributed by atoms with Crippen molar-refractivity contribution in [2.24, 2.45) is 5.92 Å². The predicted molar refractivity (Wildman–Crippen MR) is 86.7 cm³/mol. The highest BCUT2D eigenvalue weighted by atomic mass is 16.2. The minimum absolute atomic E-state index is 0.190. The summed E-state index contributed by atoms with van der Waals surface area (Å²) in [5, 5.41) is 8.40. The Kier molecular flexibility index (Phi) is 4.71. The molecular weight excluding hydrogens is 276 g/mol. The number of aryl methyl sites for hydroxylation is 1. The van der Waals surface area contributed by atoms with Crippen LogP contribution >= 0.6 is 0 Å². The van der Waals surface area contributed by atoms with Crippen LogP contribution in [0.3, 0.4) is 0 Å². The minimum Gasteiger partial charge on any atom is -0.353 e. The molecule has 0 spiro atoms. The molecule has 0 radical (unpaired) electrons. The van der Waals surface area contributed by atoms with Gasteiger partial charge in [0.2, 0.25) is 5.91 Å². The van der Waals surface area contributed by atoms with Crippen LogP contribution in [-0.2, 0) is 4.79 Å². The average molecular weight is 300 g/mol. The summed E-state index contributed by atoms with van der Waals surface area (Å²) in [7, 11) is 0. The Labute approximate surface area is 132 Å². The van der Waals surface area contributed by atoms with Crippen LogP contribution in [0.2, 0.25) is 0 Å². The van der Waals surface area contributed by atoms with Crippen molar-refractivity contribution in [2.75, 3.05) is 31.1 Å². The number of carbonyl (C=O) groups excluding carboxylic acids is 1. The van der Waals surface area contributed by atoms with Crippen molar-refractivity contribution >= 4 is 11.7 Å². The van der Waals surface area contributed by atoms with Gasteiger partial charge in [0.1, 0.15) is 0 Å². The third kappa shape index (κ3) is 3.46. The van der Waals surface area contributed by atoms with Gasteiger partial charge in [-0.15, -0.1) is 5.10 Å². The van der Waals surface area contributed by atoms with Gasteiger partial charge in [-0.05, 0) is 44.7 Å². The van der Waals surface area contributed by atoms with Crippen LogP contribution in [0.4, 0.5) is 5.82 Å². The minimum atomic E-state index is 0.190. The van der Waals surface area contributed by atoms with Gasteiger partial charge >= 0.3 is 0 Å². The summed E-state index contributed by atoms with van der Waals surface area (Å²) in [4.78, 5) is 16.9. The van der Waals surface area contributed by atoms with Crippen LogP contribution < -0.4 is 4.90 Å². The second kappa shape index (κ2) is 6.90. The van der Waals surface area contributed by atoms with Gasteiger partial charge in [-0.25, -0.2) is 0 Å². The number of hydrogen-bond acceptors (Lipinski definition) is 4. The lowest BCUT2D eigenvalue weighted by Gasteiger charge is -2.27. The van der Waals surface area contributed by atoms with Crippen LogP contribution in [0.25, 0.3) is 0 Å². The van der Waals surface area contributed by atoms with E-state index in [1.54, 1.807) is 0 Å². The normalized spacial score (nSPS) is 22.5. The highest BCUT2D eigenvalue weighted by Crippen LogP contribution is 2.22. The first-order valence-corrected chi connectivity index (χ1v) is 8.23. The van der Waals surface area contributed by atoms with Gasteiger partial charge in [-0.3, -0.25) is 4.79 Å². The number of allylic oxidation sites excluding steroid dienone is 2. The molecule has 2 heterocycles. The van der Waals surface area contributed by atoms with Crippen molar-refractivity contribution < 1.29 is 4.79 Å². The van der Waals surface area contributed by atoms with E-state index < -0.39 is 0 Å². The molecule has 3 rings (SSSR count). The quantitative estimate of drug-likeness (QED) is 0.786. The molecule has 5 nitrogen and oxygen atoms in total. The third-order valence-electron chi connectivity index (χ3n) is 4.53. The van der Waals surface area contributed by atoms with Gasteiger partial charge in [0.05, 0.1) is 5.69 Å². The molecule has 0 aromatic carbocycles. The van der Waals surface area contributed by atoms with E-state index in [2.05, 4.69) is 27.2 Å². The lowest BCUT2D eigenvalue weighted by Crippen LogP contribution is -2.39. The zero-order chi connectivity index (χ0) is 15.4. The number of nitrogens with zero attached hydrogens (tertiary/aromatic N) is 4. The molecule has 1 aliphatic heterocycles. The molecular formula is C17H24N4O. The Balaban J connectivity index is 1.60. The second-order valence-electron chi connectivity index (χ2n) is 6.18. The molecule has 1 amide bonds. The Hall–Kier alpha value is -1.91. The molecule has 0 unspecified atom stereocenters. The maximum absolute atomic E-state index is 12.6. The van der Waals surface area contributed by atoms with Crippen LogP contribution in [-0.4, -0.2) is 47.2 Å². The van der Waals surface area contributed by atoms with Crippen molar-refractivity contribution in [2.45, 2.75) is 32.6 Å². The van der Waals surface area contributed by atoms with E-state index in [1.807, 2.05) is 24.0 Å². The Morgan fingerprint density at radius 2 is 2.05 bits per heavy atom. The van der Waals surface area contributed by atoms with E-state index in [0.717, 1.165) is 63.4 Å². The van der Waals surface area contributed by atoms with Crippen molar-refractivity contribution in [3.63, 3.8) is 0 Å². The maximum Gasteiger partial charge on any atom is 0.226 e. The summed E-state index contributed by atoms with van der Waals surface area (Å²) >= 11 is 0. The van der Waals surface area contributed by atoms with E-state index in [-0.39, 0.29) is 5.92 Å². The molecule has 2 aliphatic rings. The van der Waals surface area contributed by atoms with Gasteiger partial charge < -0.3 is 9.80 Å². The topological polar surface area (TPSA) is 49.3 Å². The number of rotatable bonds is 2. The van der Waals surface area contributed by atoms with Gasteiger partial charge in [-0.1, -0.05) is 12.2 Å². The van der Waals surface area contributed by atoms with Crippen LogP contribution in [0.1, 0.15) is 31.4 Å². The fourth-order valence-electron chi connectivity index (χ4n) is 3.20. The van der Waals surface area contributed by atoms with Gasteiger partial charge in [-0.2, -0.15) is 5.10 Å². The molecule has 5 heteroatoms. The summed E-state index contributed by atoms with van der Waals surface area (Å²) in [6, 6.07) is 4.01. The molecule has 0 N–H and O–H groups in total. The first-order valence-electron chi connectivity index (χ1n) is 8.23. The molecule has 1 aliphatic carbocycles. The monoisotopic (exact) mass is 300 g/mol. The van der Waals surface area contributed by atoms with Gasteiger partial charge in [0, 0.05) is 32.1 Å². The number of hydrogen-bond donors (Lipinski definition) is 0. The first kappa shape index (κ1) is 15.0. The predicted octanol–water partition coefficient (Wildman–Crippen LogP) is 2.18. The number of amides is 1. The van der Waals surface area contributed by atoms with Gasteiger partial charge in [0.15, 0.2) is 5.82 Å². The number of aromatic nitrogens is 2. The van der Waals surface area contributed by atoms with E-state index >= 15 is 0 Å². The first-order chi connectivity index (χ1) is 10.7. The molecule has 22 heavy (non-hydrogen) atoms. The van der Waals surface area contributed by atoms with E-state index in [1.165, 1.54) is 0 Å². The summed E-state index contributed by atoms with van der Waals surface area (Å²) in [6.07, 6.45) is 8.27. The summed E-state index contributed by atoms with van der Waals surface area (Å²) < 4.78 is 0. The molecule has 1 saturated heterocycles. The zero-order valence-corrected chi connectivity index (χ0v) is 13.2. The number of carbonyl (C=O) groups is 1. The Morgan fingerprint density at radius 3 is 2.77 bits per heavy atom. The highest BCUT2D eigenvalue weighted by molar-refractivity contribution is 5.79. The lowest BCUT2D eigenvalue weighted by atomic mass is 9.93. The maximum atomic E-state index is 12.6.